The van der Waals surface area contributed by atoms with Crippen LogP contribution in [0.15, 0.2) is 23.1 Å². The predicted molar refractivity (Wildman–Crippen MR) is 90.0 cm³/mol. The first-order valence-corrected chi connectivity index (χ1v) is 9.94. The van der Waals surface area contributed by atoms with Gasteiger partial charge in [-0.3, -0.25) is 0 Å². The summed E-state index contributed by atoms with van der Waals surface area (Å²) >= 11 is -0.736. The molecule has 0 unspecified atom stereocenters. The molecule has 0 amide bonds. The second-order valence-electron chi connectivity index (χ2n) is 6.74. The molecular formula is C18H29Al. The van der Waals surface area contributed by atoms with Crippen molar-refractivity contribution in [3.05, 3.63) is 39.8 Å². The molecule has 0 fully saturated rings. The largest absolute Gasteiger partial charge is 0.295 e. The molecule has 0 aromatic heterocycles. The molecule has 0 radical (unpaired) electrons. The van der Waals surface area contributed by atoms with Gasteiger partial charge < -0.3 is 0 Å². The van der Waals surface area contributed by atoms with E-state index in [2.05, 4.69) is 70.8 Å². The lowest BCUT2D eigenvalue weighted by atomic mass is 10.1. The fraction of sp³-hybridized carbons (Fsp3) is 0.556. The zero-order valence-corrected chi connectivity index (χ0v) is 14.7. The van der Waals surface area contributed by atoms with Crippen molar-refractivity contribution in [3.63, 3.8) is 0 Å². The summed E-state index contributed by atoms with van der Waals surface area (Å²) in [5.74, 6) is 1.66. The third kappa shape index (κ3) is 6.46. The van der Waals surface area contributed by atoms with Gasteiger partial charge in [-0.25, -0.2) is 0 Å². The molecule has 0 heterocycles. The second-order valence-corrected chi connectivity index (χ2v) is 9.59. The maximum absolute atomic E-state index is 2.57. The van der Waals surface area contributed by atoms with Crippen LogP contribution < -0.4 is 0 Å². The number of hydrogen-bond acceptors (Lipinski definition) is 0. The quantitative estimate of drug-likeness (QED) is 0.586. The third-order valence-electron chi connectivity index (χ3n) is 3.53. The summed E-state index contributed by atoms with van der Waals surface area (Å²) < 4.78 is 0. The normalized spacial score (nSPS) is 11.8. The van der Waals surface area contributed by atoms with Crippen LogP contribution in [-0.4, -0.2) is 14.1 Å². The average Bonchev–Trinajstić information content (AvgIpc) is 2.28. The maximum Gasteiger partial charge on any atom is 0.295 e. The van der Waals surface area contributed by atoms with E-state index in [1.807, 2.05) is 0 Å². The summed E-state index contributed by atoms with van der Waals surface area (Å²) in [6.07, 6.45) is 2.39. The molecule has 19 heavy (non-hydrogen) atoms. The van der Waals surface area contributed by atoms with Gasteiger partial charge in [0.2, 0.25) is 0 Å². The van der Waals surface area contributed by atoms with Gasteiger partial charge >= 0.3 is 0 Å². The van der Waals surface area contributed by atoms with Crippen LogP contribution in [-0.2, 0) is 0 Å². The van der Waals surface area contributed by atoms with E-state index in [0.29, 0.717) is 0 Å². The zero-order valence-electron chi connectivity index (χ0n) is 13.5. The minimum atomic E-state index is -0.736. The highest BCUT2D eigenvalue weighted by molar-refractivity contribution is 6.65. The van der Waals surface area contributed by atoms with Gasteiger partial charge in [0.05, 0.1) is 0 Å². The van der Waals surface area contributed by atoms with E-state index in [4.69, 9.17) is 0 Å². The minimum Gasteiger partial charge on any atom is -0.144 e. The van der Waals surface area contributed by atoms with Crippen molar-refractivity contribution in [1.82, 2.24) is 0 Å². The van der Waals surface area contributed by atoms with Crippen LogP contribution in [0.2, 0.25) is 10.6 Å². The SMILES string of the molecule is Cc1ccc(C)c(/C=[CH]/[Al]([CH2]C(C)C)[CH2]C(C)C)c1. The highest BCUT2D eigenvalue weighted by Crippen LogP contribution is 2.18. The fourth-order valence-corrected chi connectivity index (χ4v) is 6.05. The first kappa shape index (κ1) is 16.5. The van der Waals surface area contributed by atoms with Gasteiger partial charge in [0, 0.05) is 0 Å². The van der Waals surface area contributed by atoms with Crippen molar-refractivity contribution in [1.29, 1.82) is 0 Å². The van der Waals surface area contributed by atoms with Gasteiger partial charge in [-0.1, -0.05) is 79.9 Å². The van der Waals surface area contributed by atoms with Crippen molar-refractivity contribution in [2.75, 3.05) is 0 Å². The van der Waals surface area contributed by atoms with E-state index in [9.17, 15) is 0 Å². The van der Waals surface area contributed by atoms with Crippen molar-refractivity contribution < 1.29 is 0 Å². The van der Waals surface area contributed by atoms with Crippen molar-refractivity contribution in [2.45, 2.75) is 52.1 Å². The van der Waals surface area contributed by atoms with E-state index in [-0.39, 0.29) is 0 Å². The molecule has 0 bridgehead atoms. The molecule has 0 aliphatic carbocycles. The monoisotopic (exact) mass is 272 g/mol. The molecule has 0 saturated heterocycles. The Morgan fingerprint density at radius 3 is 2.11 bits per heavy atom. The van der Waals surface area contributed by atoms with E-state index in [0.717, 1.165) is 11.8 Å². The van der Waals surface area contributed by atoms with Crippen LogP contribution in [0.1, 0.15) is 44.4 Å². The van der Waals surface area contributed by atoms with E-state index in [1.165, 1.54) is 27.3 Å². The molecule has 0 aliphatic heterocycles. The second kappa shape index (κ2) is 7.93. The van der Waals surface area contributed by atoms with Gasteiger partial charge in [0.25, 0.3) is 14.1 Å². The Bertz CT molecular complexity index is 406. The Balaban J connectivity index is 2.81. The van der Waals surface area contributed by atoms with E-state index >= 15 is 0 Å². The molecule has 0 nitrogen and oxygen atoms in total. The first-order valence-electron chi connectivity index (χ1n) is 7.64. The Morgan fingerprint density at radius 1 is 1.00 bits per heavy atom. The van der Waals surface area contributed by atoms with Crippen LogP contribution in [0.4, 0.5) is 0 Å². The van der Waals surface area contributed by atoms with Gasteiger partial charge in [-0.15, -0.1) is 4.94 Å². The van der Waals surface area contributed by atoms with Crippen LogP contribution in [0.5, 0.6) is 0 Å². The lowest BCUT2D eigenvalue weighted by Crippen LogP contribution is -2.15. The summed E-state index contributed by atoms with van der Waals surface area (Å²) in [6.45, 7) is 13.8. The molecule has 104 valence electrons. The Kier molecular flexibility index (Phi) is 6.91. The Morgan fingerprint density at radius 2 is 1.58 bits per heavy atom. The molecule has 0 N–H and O–H groups in total. The number of rotatable bonds is 6. The summed E-state index contributed by atoms with van der Waals surface area (Å²) in [6, 6.07) is 6.74. The van der Waals surface area contributed by atoms with Crippen LogP contribution in [0, 0.1) is 25.7 Å². The molecule has 0 saturated carbocycles. The molecule has 0 atom stereocenters. The van der Waals surface area contributed by atoms with E-state index in [1.54, 1.807) is 0 Å². The Hall–Kier alpha value is -0.508. The van der Waals surface area contributed by atoms with Crippen LogP contribution in [0.25, 0.3) is 6.08 Å². The highest BCUT2D eigenvalue weighted by Gasteiger charge is 2.16. The summed E-state index contributed by atoms with van der Waals surface area (Å²) in [7, 11) is 0. The van der Waals surface area contributed by atoms with Crippen molar-refractivity contribution >= 4 is 20.2 Å². The summed E-state index contributed by atoms with van der Waals surface area (Å²) in [5.41, 5.74) is 4.16. The summed E-state index contributed by atoms with van der Waals surface area (Å²) in [5, 5.41) is 2.86. The lowest BCUT2D eigenvalue weighted by molar-refractivity contribution is 0.694. The lowest BCUT2D eigenvalue weighted by Gasteiger charge is -2.13. The first-order chi connectivity index (χ1) is 8.88. The van der Waals surface area contributed by atoms with Gasteiger partial charge in [0.1, 0.15) is 0 Å². The molecule has 0 aliphatic rings. The molecule has 1 aromatic rings. The summed E-state index contributed by atoms with van der Waals surface area (Å²) in [4.78, 5) is 2.57. The standard InChI is InChI=1S/C10H11.2C4H9.Al/c1-4-10-7-8(2)5-6-9(10)3;2*1-4(2)3;/h1,4-7H,2-3H3;2*4H,1H2,2-3H3;. The molecular weight excluding hydrogens is 243 g/mol. The predicted octanol–water partition coefficient (Wildman–Crippen LogP) is 5.66. The third-order valence-corrected chi connectivity index (χ3v) is 7.36. The Labute approximate surface area is 124 Å². The zero-order chi connectivity index (χ0) is 14.4. The van der Waals surface area contributed by atoms with E-state index < -0.39 is 14.1 Å². The van der Waals surface area contributed by atoms with Gasteiger partial charge in [-0.05, 0) is 25.0 Å². The van der Waals surface area contributed by atoms with Crippen LogP contribution in [0.3, 0.4) is 0 Å². The molecule has 1 heteroatoms. The molecule has 1 aromatic carbocycles. The topological polar surface area (TPSA) is 0 Å². The average molecular weight is 272 g/mol. The van der Waals surface area contributed by atoms with Crippen LogP contribution >= 0.6 is 0 Å². The van der Waals surface area contributed by atoms with Crippen molar-refractivity contribution in [3.8, 4) is 0 Å². The molecule has 1 rings (SSSR count). The highest BCUT2D eigenvalue weighted by atomic mass is 27.2. The molecule has 0 spiro atoms. The number of aryl methyl sites for hydroxylation is 2. The smallest absolute Gasteiger partial charge is 0.144 e. The van der Waals surface area contributed by atoms with Crippen molar-refractivity contribution in [2.24, 2.45) is 11.8 Å². The fourth-order valence-electron chi connectivity index (χ4n) is 2.64. The van der Waals surface area contributed by atoms with Gasteiger partial charge in [0.15, 0.2) is 0 Å². The maximum atomic E-state index is 2.57. The van der Waals surface area contributed by atoms with Gasteiger partial charge in [-0.2, -0.15) is 0 Å². The number of benzene rings is 1. The minimum absolute atomic E-state index is 0.736. The number of hydrogen-bond donors (Lipinski definition) is 0.